The van der Waals surface area contributed by atoms with Crippen molar-refractivity contribution in [3.63, 3.8) is 0 Å². The lowest BCUT2D eigenvalue weighted by atomic mass is 10.2. The fourth-order valence-corrected chi connectivity index (χ4v) is 4.09. The van der Waals surface area contributed by atoms with E-state index in [0.717, 1.165) is 11.1 Å². The van der Waals surface area contributed by atoms with Crippen LogP contribution in [0.15, 0.2) is 113 Å². The highest BCUT2D eigenvalue weighted by atomic mass is 32.2. The van der Waals surface area contributed by atoms with Crippen LogP contribution in [0.4, 0.5) is 0 Å². The molecule has 1 amide bonds. The van der Waals surface area contributed by atoms with Crippen LogP contribution in [-0.2, 0) is 16.7 Å². The van der Waals surface area contributed by atoms with Crippen molar-refractivity contribution in [1.29, 1.82) is 0 Å². The molecular formula is C28H24N2O5S. The van der Waals surface area contributed by atoms with Crippen LogP contribution >= 0.6 is 0 Å². The van der Waals surface area contributed by atoms with Gasteiger partial charge in [-0.15, -0.1) is 0 Å². The number of benzene rings is 4. The van der Waals surface area contributed by atoms with E-state index in [9.17, 15) is 13.2 Å². The largest absolute Gasteiger partial charge is 0.489 e. The van der Waals surface area contributed by atoms with Crippen molar-refractivity contribution in [2.24, 2.45) is 5.10 Å². The lowest BCUT2D eigenvalue weighted by Gasteiger charge is -2.07. The molecule has 0 spiro atoms. The number of amides is 1. The number of carbonyl (C=O) groups excluding carboxylic acids is 1. The van der Waals surface area contributed by atoms with Gasteiger partial charge in [-0.25, -0.2) is 5.43 Å². The molecule has 182 valence electrons. The molecule has 36 heavy (non-hydrogen) atoms. The molecule has 0 aliphatic heterocycles. The van der Waals surface area contributed by atoms with Crippen molar-refractivity contribution in [2.45, 2.75) is 18.4 Å². The predicted molar refractivity (Wildman–Crippen MR) is 138 cm³/mol. The molecule has 0 atom stereocenters. The van der Waals surface area contributed by atoms with Crippen molar-refractivity contribution in [1.82, 2.24) is 5.43 Å². The molecule has 0 bridgehead atoms. The van der Waals surface area contributed by atoms with Crippen LogP contribution in [-0.4, -0.2) is 20.5 Å². The average molecular weight is 501 g/mol. The van der Waals surface area contributed by atoms with E-state index in [4.69, 9.17) is 8.92 Å². The molecule has 0 aromatic heterocycles. The molecule has 0 aliphatic carbocycles. The van der Waals surface area contributed by atoms with Crippen molar-refractivity contribution in [3.8, 4) is 11.5 Å². The summed E-state index contributed by atoms with van der Waals surface area (Å²) >= 11 is 0. The van der Waals surface area contributed by atoms with E-state index >= 15 is 0 Å². The summed E-state index contributed by atoms with van der Waals surface area (Å²) in [5, 5.41) is 3.96. The molecule has 1 N–H and O–H groups in total. The number of carbonyl (C=O) groups is 1. The Morgan fingerprint density at radius 2 is 1.47 bits per heavy atom. The molecule has 8 heteroatoms. The maximum atomic E-state index is 12.4. The van der Waals surface area contributed by atoms with Crippen molar-refractivity contribution in [3.05, 3.63) is 125 Å². The van der Waals surface area contributed by atoms with E-state index in [1.54, 1.807) is 48.5 Å². The Morgan fingerprint density at radius 3 is 2.14 bits per heavy atom. The number of nitrogens with one attached hydrogen (secondary N) is 1. The first-order chi connectivity index (χ1) is 17.4. The Kier molecular flexibility index (Phi) is 7.77. The monoisotopic (exact) mass is 500 g/mol. The maximum absolute atomic E-state index is 12.4. The number of rotatable bonds is 9. The van der Waals surface area contributed by atoms with Crippen LogP contribution in [0.25, 0.3) is 0 Å². The van der Waals surface area contributed by atoms with Crippen molar-refractivity contribution < 1.29 is 22.1 Å². The second kappa shape index (κ2) is 11.3. The Labute approximate surface area is 210 Å². The number of hydrazone groups is 1. The van der Waals surface area contributed by atoms with Gasteiger partial charge in [0.05, 0.1) is 6.21 Å². The maximum Gasteiger partial charge on any atom is 0.339 e. The fraction of sp³-hybridized carbons (Fsp3) is 0.0714. The highest BCUT2D eigenvalue weighted by Gasteiger charge is 2.16. The third kappa shape index (κ3) is 6.80. The van der Waals surface area contributed by atoms with Gasteiger partial charge in [0.2, 0.25) is 0 Å². The molecule has 4 rings (SSSR count). The first kappa shape index (κ1) is 24.7. The summed E-state index contributed by atoms with van der Waals surface area (Å²) in [5.41, 5.74) is 5.56. The predicted octanol–water partition coefficient (Wildman–Crippen LogP) is 5.11. The minimum atomic E-state index is -3.92. The van der Waals surface area contributed by atoms with Gasteiger partial charge in [0, 0.05) is 5.56 Å². The number of aryl methyl sites for hydroxylation is 1. The van der Waals surface area contributed by atoms with Gasteiger partial charge in [0.25, 0.3) is 5.91 Å². The highest BCUT2D eigenvalue weighted by Crippen LogP contribution is 2.19. The second-order valence-corrected chi connectivity index (χ2v) is 9.46. The number of ether oxygens (including phenoxy) is 1. The summed E-state index contributed by atoms with van der Waals surface area (Å²) < 4.78 is 35.7. The van der Waals surface area contributed by atoms with Crippen LogP contribution in [0.5, 0.6) is 11.5 Å². The number of hydrogen-bond acceptors (Lipinski definition) is 6. The van der Waals surface area contributed by atoms with Gasteiger partial charge in [-0.05, 0) is 78.7 Å². The minimum absolute atomic E-state index is 0.0808. The van der Waals surface area contributed by atoms with Gasteiger partial charge in [-0.1, -0.05) is 48.0 Å². The molecular weight excluding hydrogens is 476 g/mol. The van der Waals surface area contributed by atoms with Gasteiger partial charge < -0.3 is 8.92 Å². The summed E-state index contributed by atoms with van der Waals surface area (Å²) in [7, 11) is -3.92. The summed E-state index contributed by atoms with van der Waals surface area (Å²) in [4.78, 5) is 12.4. The van der Waals surface area contributed by atoms with Gasteiger partial charge in [-0.2, -0.15) is 13.5 Å². The fourth-order valence-electron chi connectivity index (χ4n) is 3.16. The molecule has 0 aliphatic rings. The average Bonchev–Trinajstić information content (AvgIpc) is 2.89. The van der Waals surface area contributed by atoms with Crippen molar-refractivity contribution in [2.75, 3.05) is 0 Å². The molecule has 0 saturated carbocycles. The molecule has 4 aromatic rings. The van der Waals surface area contributed by atoms with E-state index in [2.05, 4.69) is 10.5 Å². The van der Waals surface area contributed by atoms with Gasteiger partial charge >= 0.3 is 10.1 Å². The third-order valence-corrected chi connectivity index (χ3v) is 6.40. The molecule has 0 fully saturated rings. The Bertz CT molecular complexity index is 1430. The van der Waals surface area contributed by atoms with Crippen molar-refractivity contribution >= 4 is 22.2 Å². The first-order valence-corrected chi connectivity index (χ1v) is 12.5. The van der Waals surface area contributed by atoms with E-state index in [-0.39, 0.29) is 16.6 Å². The van der Waals surface area contributed by atoms with E-state index in [0.29, 0.717) is 23.5 Å². The molecule has 0 unspecified atom stereocenters. The van der Waals surface area contributed by atoms with E-state index in [1.165, 1.54) is 30.5 Å². The smallest absolute Gasteiger partial charge is 0.339 e. The second-order valence-electron chi connectivity index (χ2n) is 7.92. The summed E-state index contributed by atoms with van der Waals surface area (Å²) in [6.45, 7) is 2.32. The zero-order valence-corrected chi connectivity index (χ0v) is 20.3. The Hall–Kier alpha value is -4.43. The number of nitrogens with zero attached hydrogens (tertiary/aromatic N) is 1. The molecule has 7 nitrogen and oxygen atoms in total. The lowest BCUT2D eigenvalue weighted by Crippen LogP contribution is -2.17. The van der Waals surface area contributed by atoms with E-state index in [1.807, 2.05) is 37.3 Å². The zero-order valence-electron chi connectivity index (χ0n) is 19.5. The van der Waals surface area contributed by atoms with Crippen LogP contribution in [0.3, 0.4) is 0 Å². The standard InChI is InChI=1S/C28H24N2O5S/c1-21-7-17-27(18-8-21)36(32,33)35-26-13-9-22(10-14-26)19-29-30-28(31)24-11-15-25(16-12-24)34-20-23-5-3-2-4-6-23/h2-19H,20H2,1H3,(H,30,31)/b29-19-. The Morgan fingerprint density at radius 1 is 0.833 bits per heavy atom. The first-order valence-electron chi connectivity index (χ1n) is 11.1. The molecule has 0 radical (unpaired) electrons. The van der Waals surface area contributed by atoms with Crippen LogP contribution in [0, 0.1) is 6.92 Å². The summed E-state index contributed by atoms with van der Waals surface area (Å²) in [6, 6.07) is 29.3. The molecule has 0 heterocycles. The third-order valence-electron chi connectivity index (χ3n) is 5.14. The van der Waals surface area contributed by atoms with Gasteiger partial charge in [0.15, 0.2) is 0 Å². The summed E-state index contributed by atoms with van der Waals surface area (Å²) in [6.07, 6.45) is 1.45. The van der Waals surface area contributed by atoms with Gasteiger partial charge in [0.1, 0.15) is 23.0 Å². The molecule has 4 aromatic carbocycles. The van der Waals surface area contributed by atoms with Gasteiger partial charge in [-0.3, -0.25) is 4.79 Å². The zero-order chi connectivity index (χ0) is 25.4. The normalized spacial score (nSPS) is 11.2. The van der Waals surface area contributed by atoms with E-state index < -0.39 is 10.1 Å². The highest BCUT2D eigenvalue weighted by molar-refractivity contribution is 7.87. The quantitative estimate of drug-likeness (QED) is 0.196. The van der Waals surface area contributed by atoms with Crippen LogP contribution in [0.2, 0.25) is 0 Å². The topological polar surface area (TPSA) is 94.1 Å². The minimum Gasteiger partial charge on any atom is -0.489 e. The Balaban J connectivity index is 1.28. The SMILES string of the molecule is Cc1ccc(S(=O)(=O)Oc2ccc(/C=N\NC(=O)c3ccc(OCc4ccccc4)cc3)cc2)cc1. The summed E-state index contributed by atoms with van der Waals surface area (Å²) in [5.74, 6) is 0.460. The number of hydrogen-bond donors (Lipinski definition) is 1. The van der Waals surface area contributed by atoms with Crippen LogP contribution < -0.4 is 14.3 Å². The molecule has 0 saturated heterocycles. The lowest BCUT2D eigenvalue weighted by molar-refractivity contribution is 0.0955. The van der Waals surface area contributed by atoms with Crippen LogP contribution in [0.1, 0.15) is 27.0 Å².